The van der Waals surface area contributed by atoms with Crippen molar-refractivity contribution in [3.05, 3.63) is 34.9 Å². The molecular weight excluding hydrogens is 270 g/mol. The van der Waals surface area contributed by atoms with Crippen LogP contribution in [-0.4, -0.2) is 25.8 Å². The van der Waals surface area contributed by atoms with Crippen LogP contribution in [0.25, 0.3) is 0 Å². The predicted octanol–water partition coefficient (Wildman–Crippen LogP) is 4.38. The van der Waals surface area contributed by atoms with Crippen LogP contribution in [0.3, 0.4) is 0 Å². The Labute approximate surface area is 127 Å². The number of halogens is 1. The van der Waals surface area contributed by atoms with Crippen molar-refractivity contribution in [2.45, 2.75) is 51.0 Å². The maximum Gasteiger partial charge on any atom is 0.0478 e. The van der Waals surface area contributed by atoms with E-state index in [0.29, 0.717) is 12.0 Å². The first-order chi connectivity index (χ1) is 9.81. The maximum atomic E-state index is 6.23. The van der Waals surface area contributed by atoms with Crippen LogP contribution in [0, 0.1) is 0 Å². The van der Waals surface area contributed by atoms with Crippen molar-refractivity contribution in [3.63, 3.8) is 0 Å². The summed E-state index contributed by atoms with van der Waals surface area (Å²) in [6.45, 7) is 5.05. The van der Waals surface area contributed by atoms with Gasteiger partial charge in [0.15, 0.2) is 0 Å². The molecule has 1 aliphatic rings. The molecular formula is C17H26ClNO. The number of rotatable bonds is 9. The second kappa shape index (κ2) is 8.66. The molecule has 0 amide bonds. The first-order valence-corrected chi connectivity index (χ1v) is 8.24. The molecule has 0 aliphatic heterocycles. The van der Waals surface area contributed by atoms with Crippen LogP contribution in [0.5, 0.6) is 0 Å². The number of ether oxygens (including phenoxy) is 1. The molecule has 1 aliphatic carbocycles. The standard InChI is InChI=1S/C17H26ClNO/c1-2-3-10-20-11-6-9-19-15-12-14(13-15)16-7-4-5-8-17(16)18/h4-5,7-8,14-15,19H,2-3,6,9-13H2,1H3. The quantitative estimate of drug-likeness (QED) is 0.683. The van der Waals surface area contributed by atoms with Crippen molar-refractivity contribution in [1.82, 2.24) is 5.32 Å². The lowest BCUT2D eigenvalue weighted by Gasteiger charge is -2.36. The van der Waals surface area contributed by atoms with Crippen LogP contribution >= 0.6 is 11.6 Å². The van der Waals surface area contributed by atoms with Crippen LogP contribution in [0.2, 0.25) is 5.02 Å². The number of hydrogen-bond acceptors (Lipinski definition) is 2. The molecule has 0 radical (unpaired) electrons. The number of nitrogens with one attached hydrogen (secondary N) is 1. The summed E-state index contributed by atoms with van der Waals surface area (Å²) < 4.78 is 5.56. The Balaban J connectivity index is 1.53. The summed E-state index contributed by atoms with van der Waals surface area (Å²) in [4.78, 5) is 0. The van der Waals surface area contributed by atoms with Gasteiger partial charge in [-0.15, -0.1) is 0 Å². The average molecular weight is 296 g/mol. The third-order valence-electron chi connectivity index (χ3n) is 4.02. The monoisotopic (exact) mass is 295 g/mol. The van der Waals surface area contributed by atoms with Gasteiger partial charge in [-0.05, 0) is 49.8 Å². The van der Waals surface area contributed by atoms with Crippen molar-refractivity contribution in [2.75, 3.05) is 19.8 Å². The fourth-order valence-corrected chi connectivity index (χ4v) is 2.96. The highest BCUT2D eigenvalue weighted by molar-refractivity contribution is 6.31. The molecule has 1 aromatic carbocycles. The zero-order valence-electron chi connectivity index (χ0n) is 12.4. The van der Waals surface area contributed by atoms with Crippen LogP contribution in [-0.2, 0) is 4.74 Å². The van der Waals surface area contributed by atoms with Crippen molar-refractivity contribution in [2.24, 2.45) is 0 Å². The van der Waals surface area contributed by atoms with Gasteiger partial charge >= 0.3 is 0 Å². The maximum absolute atomic E-state index is 6.23. The van der Waals surface area contributed by atoms with E-state index < -0.39 is 0 Å². The number of benzene rings is 1. The average Bonchev–Trinajstić information content (AvgIpc) is 2.41. The van der Waals surface area contributed by atoms with Crippen LogP contribution in [0.4, 0.5) is 0 Å². The Morgan fingerprint density at radius 3 is 2.70 bits per heavy atom. The minimum atomic E-state index is 0.641. The summed E-state index contributed by atoms with van der Waals surface area (Å²) in [6.07, 6.45) is 5.91. The Morgan fingerprint density at radius 2 is 1.95 bits per heavy atom. The summed E-state index contributed by atoms with van der Waals surface area (Å²) >= 11 is 6.23. The van der Waals surface area contributed by atoms with Gasteiger partial charge in [-0.2, -0.15) is 0 Å². The predicted molar refractivity (Wildman–Crippen MR) is 85.6 cm³/mol. The van der Waals surface area contributed by atoms with Crippen LogP contribution in [0.1, 0.15) is 50.5 Å². The summed E-state index contributed by atoms with van der Waals surface area (Å²) in [5.41, 5.74) is 1.31. The van der Waals surface area contributed by atoms with Gasteiger partial charge in [-0.25, -0.2) is 0 Å². The van der Waals surface area contributed by atoms with Crippen LogP contribution < -0.4 is 5.32 Å². The molecule has 0 aromatic heterocycles. The van der Waals surface area contributed by atoms with E-state index in [4.69, 9.17) is 16.3 Å². The molecule has 2 rings (SSSR count). The van der Waals surface area contributed by atoms with Gasteiger partial charge in [0, 0.05) is 24.3 Å². The highest BCUT2D eigenvalue weighted by atomic mass is 35.5. The number of unbranched alkanes of at least 4 members (excludes halogenated alkanes) is 1. The van der Waals surface area contributed by atoms with E-state index in [0.717, 1.165) is 31.2 Å². The van der Waals surface area contributed by atoms with Gasteiger partial charge in [0.1, 0.15) is 0 Å². The molecule has 0 bridgehead atoms. The highest BCUT2D eigenvalue weighted by Gasteiger charge is 2.30. The van der Waals surface area contributed by atoms with Gasteiger partial charge < -0.3 is 10.1 Å². The molecule has 1 fully saturated rings. The van der Waals surface area contributed by atoms with Crippen molar-refractivity contribution in [3.8, 4) is 0 Å². The summed E-state index contributed by atoms with van der Waals surface area (Å²) in [5.74, 6) is 0.641. The molecule has 0 atom stereocenters. The van der Waals surface area contributed by atoms with E-state index in [1.807, 2.05) is 12.1 Å². The second-order valence-corrected chi connectivity index (χ2v) is 6.07. The van der Waals surface area contributed by atoms with Gasteiger partial charge in [0.2, 0.25) is 0 Å². The second-order valence-electron chi connectivity index (χ2n) is 5.66. The Bertz CT molecular complexity index is 390. The first kappa shape index (κ1) is 15.8. The highest BCUT2D eigenvalue weighted by Crippen LogP contribution is 2.39. The minimum Gasteiger partial charge on any atom is -0.381 e. The van der Waals surface area contributed by atoms with E-state index in [1.54, 1.807) is 0 Å². The lowest BCUT2D eigenvalue weighted by atomic mass is 9.76. The molecule has 2 nitrogen and oxygen atoms in total. The van der Waals surface area contributed by atoms with Crippen molar-refractivity contribution in [1.29, 1.82) is 0 Å². The van der Waals surface area contributed by atoms with Gasteiger partial charge in [-0.1, -0.05) is 43.1 Å². The lowest BCUT2D eigenvalue weighted by molar-refractivity contribution is 0.127. The fraction of sp³-hybridized carbons (Fsp3) is 0.647. The van der Waals surface area contributed by atoms with E-state index >= 15 is 0 Å². The SMILES string of the molecule is CCCCOCCCNC1CC(c2ccccc2Cl)C1. The Kier molecular flexibility index (Phi) is 6.85. The molecule has 0 spiro atoms. The Hall–Kier alpha value is -0.570. The largest absolute Gasteiger partial charge is 0.381 e. The van der Waals surface area contributed by atoms with Crippen molar-refractivity contribution >= 4 is 11.6 Å². The van der Waals surface area contributed by atoms with E-state index in [9.17, 15) is 0 Å². The first-order valence-electron chi connectivity index (χ1n) is 7.86. The van der Waals surface area contributed by atoms with Crippen LogP contribution in [0.15, 0.2) is 24.3 Å². The van der Waals surface area contributed by atoms with E-state index in [1.165, 1.54) is 31.2 Å². The molecule has 0 heterocycles. The minimum absolute atomic E-state index is 0.641. The summed E-state index contributed by atoms with van der Waals surface area (Å²) in [5, 5.41) is 4.52. The molecule has 1 N–H and O–H groups in total. The third kappa shape index (κ3) is 4.76. The Morgan fingerprint density at radius 1 is 1.20 bits per heavy atom. The third-order valence-corrected chi connectivity index (χ3v) is 4.37. The normalized spacial score (nSPS) is 21.7. The van der Waals surface area contributed by atoms with Crippen molar-refractivity contribution < 1.29 is 4.74 Å². The molecule has 0 unspecified atom stereocenters. The lowest BCUT2D eigenvalue weighted by Crippen LogP contribution is -2.40. The van der Waals surface area contributed by atoms with Gasteiger partial charge in [0.25, 0.3) is 0 Å². The zero-order valence-corrected chi connectivity index (χ0v) is 13.2. The molecule has 1 aromatic rings. The van der Waals surface area contributed by atoms with E-state index in [2.05, 4.69) is 24.4 Å². The summed E-state index contributed by atoms with van der Waals surface area (Å²) in [6, 6.07) is 8.89. The molecule has 20 heavy (non-hydrogen) atoms. The summed E-state index contributed by atoms with van der Waals surface area (Å²) in [7, 11) is 0. The molecule has 3 heteroatoms. The fourth-order valence-electron chi connectivity index (χ4n) is 2.67. The molecule has 0 saturated heterocycles. The van der Waals surface area contributed by atoms with Gasteiger partial charge in [-0.3, -0.25) is 0 Å². The number of hydrogen-bond donors (Lipinski definition) is 1. The molecule has 112 valence electrons. The molecule has 1 saturated carbocycles. The van der Waals surface area contributed by atoms with E-state index in [-0.39, 0.29) is 0 Å². The zero-order chi connectivity index (χ0) is 14.2. The topological polar surface area (TPSA) is 21.3 Å². The smallest absolute Gasteiger partial charge is 0.0478 e. The van der Waals surface area contributed by atoms with Gasteiger partial charge in [0.05, 0.1) is 0 Å².